The zero-order valence-corrected chi connectivity index (χ0v) is 13.5. The van der Waals surface area contributed by atoms with Crippen LogP contribution in [0.2, 0.25) is 5.02 Å². The molecule has 4 heteroatoms. The van der Waals surface area contributed by atoms with E-state index in [1.165, 1.54) is 0 Å². The van der Waals surface area contributed by atoms with Crippen LogP contribution in [0.4, 0.5) is 0 Å². The average Bonchev–Trinajstić information content (AvgIpc) is 3.34. The first-order valence-electron chi connectivity index (χ1n) is 7.88. The molecule has 23 heavy (non-hydrogen) atoms. The average molecular weight is 330 g/mol. The van der Waals surface area contributed by atoms with Gasteiger partial charge in [0.15, 0.2) is 0 Å². The van der Waals surface area contributed by atoms with E-state index >= 15 is 0 Å². The summed E-state index contributed by atoms with van der Waals surface area (Å²) in [4.78, 5) is 12.2. The van der Waals surface area contributed by atoms with Crippen molar-refractivity contribution in [3.63, 3.8) is 0 Å². The van der Waals surface area contributed by atoms with Crippen LogP contribution in [0.1, 0.15) is 23.5 Å². The van der Waals surface area contributed by atoms with Gasteiger partial charge in [0.2, 0.25) is 5.91 Å². The SMILES string of the molecule is O=C(NCC(O)Cc1ccccc1)C1CC1c1cccc(Cl)c1. The van der Waals surface area contributed by atoms with E-state index in [2.05, 4.69) is 5.32 Å². The molecule has 0 radical (unpaired) electrons. The molecule has 3 rings (SSSR count). The predicted molar refractivity (Wildman–Crippen MR) is 91.5 cm³/mol. The summed E-state index contributed by atoms with van der Waals surface area (Å²) in [7, 11) is 0. The van der Waals surface area contributed by atoms with Crippen LogP contribution in [0.5, 0.6) is 0 Å². The van der Waals surface area contributed by atoms with Crippen LogP contribution in [0.3, 0.4) is 0 Å². The molecule has 2 aromatic rings. The summed E-state index contributed by atoms with van der Waals surface area (Å²) < 4.78 is 0. The van der Waals surface area contributed by atoms with Gasteiger partial charge in [0.05, 0.1) is 6.10 Å². The molecular formula is C19H20ClNO2. The minimum atomic E-state index is -0.565. The van der Waals surface area contributed by atoms with Gasteiger partial charge >= 0.3 is 0 Å². The summed E-state index contributed by atoms with van der Waals surface area (Å²) in [6, 6.07) is 17.5. The van der Waals surface area contributed by atoms with Gasteiger partial charge in [0.25, 0.3) is 0 Å². The standard InChI is InChI=1S/C19H20ClNO2/c20-15-8-4-7-14(10-15)17-11-18(17)19(23)21-12-16(22)9-13-5-2-1-3-6-13/h1-8,10,16-18,22H,9,11-12H2,(H,21,23). The highest BCUT2D eigenvalue weighted by molar-refractivity contribution is 6.30. The van der Waals surface area contributed by atoms with Crippen LogP contribution in [0.15, 0.2) is 54.6 Å². The Morgan fingerprint density at radius 2 is 2.00 bits per heavy atom. The molecule has 3 unspecified atom stereocenters. The highest BCUT2D eigenvalue weighted by atomic mass is 35.5. The van der Waals surface area contributed by atoms with Crippen molar-refractivity contribution in [3.8, 4) is 0 Å². The molecule has 120 valence electrons. The lowest BCUT2D eigenvalue weighted by Crippen LogP contribution is -2.34. The number of nitrogens with one attached hydrogen (secondary N) is 1. The minimum Gasteiger partial charge on any atom is -0.391 e. The Balaban J connectivity index is 1.45. The van der Waals surface area contributed by atoms with E-state index in [0.717, 1.165) is 17.5 Å². The number of aliphatic hydroxyl groups excluding tert-OH is 1. The topological polar surface area (TPSA) is 49.3 Å². The third kappa shape index (κ3) is 4.34. The number of halogens is 1. The van der Waals surface area contributed by atoms with Crippen molar-refractivity contribution in [2.45, 2.75) is 24.9 Å². The lowest BCUT2D eigenvalue weighted by Gasteiger charge is -2.12. The van der Waals surface area contributed by atoms with Crippen molar-refractivity contribution in [3.05, 3.63) is 70.7 Å². The predicted octanol–water partition coefficient (Wildman–Crippen LogP) is 3.16. The summed E-state index contributed by atoms with van der Waals surface area (Å²) in [5.74, 6) is 0.263. The third-order valence-corrected chi connectivity index (χ3v) is 4.47. The molecule has 1 aliphatic carbocycles. The molecule has 1 fully saturated rings. The van der Waals surface area contributed by atoms with Gasteiger partial charge < -0.3 is 10.4 Å². The molecule has 1 amide bonds. The fraction of sp³-hybridized carbons (Fsp3) is 0.316. The first-order chi connectivity index (χ1) is 11.1. The number of carbonyl (C=O) groups excluding carboxylic acids is 1. The zero-order valence-electron chi connectivity index (χ0n) is 12.8. The van der Waals surface area contributed by atoms with Gasteiger partial charge in [-0.25, -0.2) is 0 Å². The molecule has 0 heterocycles. The lowest BCUT2D eigenvalue weighted by atomic mass is 10.1. The summed E-state index contributed by atoms with van der Waals surface area (Å²) >= 11 is 5.99. The highest BCUT2D eigenvalue weighted by Gasteiger charge is 2.43. The van der Waals surface area contributed by atoms with E-state index in [1.54, 1.807) is 0 Å². The Bertz CT molecular complexity index is 674. The molecule has 3 atom stereocenters. The van der Waals surface area contributed by atoms with E-state index in [9.17, 15) is 9.90 Å². The van der Waals surface area contributed by atoms with E-state index in [4.69, 9.17) is 11.6 Å². The number of carbonyl (C=O) groups is 1. The normalized spacial score (nSPS) is 20.8. The van der Waals surface area contributed by atoms with E-state index in [0.29, 0.717) is 11.4 Å². The summed E-state index contributed by atoms with van der Waals surface area (Å²) in [5, 5.41) is 13.6. The van der Waals surface area contributed by atoms with E-state index in [1.807, 2.05) is 54.6 Å². The van der Waals surface area contributed by atoms with Crippen molar-refractivity contribution >= 4 is 17.5 Å². The number of rotatable bonds is 6. The van der Waals surface area contributed by atoms with Crippen molar-refractivity contribution in [1.29, 1.82) is 0 Å². The second-order valence-corrected chi connectivity index (χ2v) is 6.53. The second kappa shape index (κ2) is 7.16. The smallest absolute Gasteiger partial charge is 0.223 e. The molecule has 0 aliphatic heterocycles. The van der Waals surface area contributed by atoms with Crippen molar-refractivity contribution in [1.82, 2.24) is 5.32 Å². The molecule has 2 aromatic carbocycles. The van der Waals surface area contributed by atoms with E-state index < -0.39 is 6.10 Å². The van der Waals surface area contributed by atoms with Crippen molar-refractivity contribution < 1.29 is 9.90 Å². The molecular weight excluding hydrogens is 310 g/mol. The largest absolute Gasteiger partial charge is 0.391 e. The first-order valence-corrected chi connectivity index (χ1v) is 8.26. The van der Waals surface area contributed by atoms with Crippen LogP contribution in [0.25, 0.3) is 0 Å². The van der Waals surface area contributed by atoms with Gasteiger partial charge in [-0.05, 0) is 35.6 Å². The van der Waals surface area contributed by atoms with Crippen LogP contribution >= 0.6 is 11.6 Å². The second-order valence-electron chi connectivity index (χ2n) is 6.09. The monoisotopic (exact) mass is 329 g/mol. The van der Waals surface area contributed by atoms with Crippen molar-refractivity contribution in [2.75, 3.05) is 6.54 Å². The highest BCUT2D eigenvalue weighted by Crippen LogP contribution is 2.47. The fourth-order valence-electron chi connectivity index (χ4n) is 2.90. The van der Waals surface area contributed by atoms with Crippen molar-refractivity contribution in [2.24, 2.45) is 5.92 Å². The Morgan fingerprint density at radius 3 is 2.74 bits per heavy atom. The van der Waals surface area contributed by atoms with Gasteiger partial charge in [0.1, 0.15) is 0 Å². The Morgan fingerprint density at radius 1 is 1.22 bits per heavy atom. The van der Waals surface area contributed by atoms with E-state index in [-0.39, 0.29) is 24.3 Å². The summed E-state index contributed by atoms with van der Waals surface area (Å²) in [5.41, 5.74) is 2.18. The molecule has 2 N–H and O–H groups in total. The quantitative estimate of drug-likeness (QED) is 0.855. The van der Waals surface area contributed by atoms with Crippen LogP contribution in [0, 0.1) is 5.92 Å². The first kappa shape index (κ1) is 16.0. The Kier molecular flexibility index (Phi) is 4.99. The zero-order chi connectivity index (χ0) is 16.2. The third-order valence-electron chi connectivity index (χ3n) is 4.23. The van der Waals surface area contributed by atoms with Crippen LogP contribution < -0.4 is 5.32 Å². The summed E-state index contributed by atoms with van der Waals surface area (Å²) in [6.45, 7) is 0.284. The molecule has 0 bridgehead atoms. The van der Waals surface area contributed by atoms with Gasteiger partial charge in [-0.1, -0.05) is 54.1 Å². The van der Waals surface area contributed by atoms with Gasteiger partial charge in [-0.2, -0.15) is 0 Å². The maximum Gasteiger partial charge on any atom is 0.223 e. The van der Waals surface area contributed by atoms with Gasteiger partial charge in [-0.3, -0.25) is 4.79 Å². The van der Waals surface area contributed by atoms with Crippen LogP contribution in [-0.2, 0) is 11.2 Å². The number of amides is 1. The maximum atomic E-state index is 12.2. The number of hydrogen-bond acceptors (Lipinski definition) is 2. The molecule has 0 aromatic heterocycles. The lowest BCUT2D eigenvalue weighted by molar-refractivity contribution is -0.122. The minimum absolute atomic E-state index is 0.00241. The maximum absolute atomic E-state index is 12.2. The Labute approximate surface area is 141 Å². The van der Waals surface area contributed by atoms with Gasteiger partial charge in [-0.15, -0.1) is 0 Å². The number of benzene rings is 2. The van der Waals surface area contributed by atoms with Crippen LogP contribution in [-0.4, -0.2) is 23.7 Å². The molecule has 3 nitrogen and oxygen atoms in total. The summed E-state index contributed by atoms with van der Waals surface area (Å²) in [6.07, 6.45) is 0.828. The molecule has 0 spiro atoms. The van der Waals surface area contributed by atoms with Gasteiger partial charge in [0, 0.05) is 23.9 Å². The Hall–Kier alpha value is -1.84. The number of aliphatic hydroxyl groups is 1. The molecule has 1 saturated carbocycles. The molecule has 1 aliphatic rings. The number of hydrogen-bond donors (Lipinski definition) is 2. The fourth-order valence-corrected chi connectivity index (χ4v) is 3.10. The molecule has 0 saturated heterocycles.